The highest BCUT2D eigenvalue weighted by Crippen LogP contribution is 2.36. The van der Waals surface area contributed by atoms with E-state index in [0.717, 1.165) is 48.9 Å². The normalized spacial score (nSPS) is 20.5. The Kier molecular flexibility index (Phi) is 6.20. The predicted octanol–water partition coefficient (Wildman–Crippen LogP) is 3.95. The Bertz CT molecular complexity index is 1000. The Morgan fingerprint density at radius 1 is 1.03 bits per heavy atom. The number of hydrogen-bond acceptors (Lipinski definition) is 3. The summed E-state index contributed by atoms with van der Waals surface area (Å²) in [5, 5.41) is 3.11. The number of carbonyl (C=O) groups is 1. The van der Waals surface area contributed by atoms with E-state index in [0.29, 0.717) is 6.42 Å². The molecule has 1 saturated carbocycles. The maximum Gasteiger partial charge on any atom is 0.243 e. The molecule has 1 unspecified atom stereocenters. The second-order valence-electron chi connectivity index (χ2n) is 8.14. The molecule has 4 rings (SSSR count). The van der Waals surface area contributed by atoms with E-state index in [1.165, 1.54) is 22.9 Å². The lowest BCUT2D eigenvalue weighted by atomic mass is 9.91. The highest BCUT2D eigenvalue weighted by molar-refractivity contribution is 7.89. The van der Waals surface area contributed by atoms with Gasteiger partial charge in [0, 0.05) is 19.0 Å². The molecule has 1 atom stereocenters. The molecule has 1 aliphatic carbocycles. The molecular weight excluding hydrogens is 403 g/mol. The van der Waals surface area contributed by atoms with Gasteiger partial charge in [0.15, 0.2) is 0 Å². The fourth-order valence-corrected chi connectivity index (χ4v) is 6.18. The summed E-state index contributed by atoms with van der Waals surface area (Å²) in [6, 6.07) is 12.2. The van der Waals surface area contributed by atoms with Gasteiger partial charge >= 0.3 is 0 Å². The van der Waals surface area contributed by atoms with Crippen molar-refractivity contribution in [2.24, 2.45) is 0 Å². The number of hydrogen-bond donors (Lipinski definition) is 1. The molecule has 0 radical (unpaired) electrons. The van der Waals surface area contributed by atoms with Crippen molar-refractivity contribution in [3.8, 4) is 0 Å². The van der Waals surface area contributed by atoms with E-state index in [4.69, 9.17) is 0 Å². The Balaban J connectivity index is 1.62. The highest BCUT2D eigenvalue weighted by Gasteiger charge is 2.37. The minimum atomic E-state index is -3.86. The number of carbonyl (C=O) groups excluding carboxylic acids is 1. The number of benzene rings is 2. The molecule has 1 heterocycles. The van der Waals surface area contributed by atoms with Gasteiger partial charge in [0.2, 0.25) is 15.9 Å². The molecule has 5 nitrogen and oxygen atoms in total. The van der Waals surface area contributed by atoms with Crippen LogP contribution in [-0.4, -0.2) is 31.2 Å². The number of rotatable bonds is 5. The second-order valence-corrected chi connectivity index (χ2v) is 10.0. The van der Waals surface area contributed by atoms with Crippen LogP contribution in [-0.2, 0) is 21.2 Å². The average Bonchev–Trinajstić information content (AvgIpc) is 2.75. The van der Waals surface area contributed by atoms with E-state index in [2.05, 4.69) is 5.32 Å². The van der Waals surface area contributed by atoms with Crippen LogP contribution in [0.1, 0.15) is 55.7 Å². The molecule has 1 aliphatic heterocycles. The van der Waals surface area contributed by atoms with E-state index in [9.17, 15) is 17.6 Å². The highest BCUT2D eigenvalue weighted by atomic mass is 32.2. The van der Waals surface area contributed by atoms with Gasteiger partial charge in [-0.05, 0) is 54.7 Å². The van der Waals surface area contributed by atoms with Gasteiger partial charge in [-0.25, -0.2) is 12.8 Å². The fraction of sp³-hybridized carbons (Fsp3) is 0.435. The zero-order chi connectivity index (χ0) is 21.1. The Hall–Kier alpha value is -2.25. The third-order valence-corrected chi connectivity index (χ3v) is 8.05. The third-order valence-electron chi connectivity index (χ3n) is 6.13. The summed E-state index contributed by atoms with van der Waals surface area (Å²) in [7, 11) is -3.86. The van der Waals surface area contributed by atoms with Gasteiger partial charge in [0.05, 0.1) is 10.9 Å². The van der Waals surface area contributed by atoms with Crippen LogP contribution in [0.15, 0.2) is 53.4 Å². The van der Waals surface area contributed by atoms with Crippen molar-refractivity contribution in [2.45, 2.75) is 61.9 Å². The smallest absolute Gasteiger partial charge is 0.243 e. The van der Waals surface area contributed by atoms with E-state index in [-0.39, 0.29) is 29.8 Å². The van der Waals surface area contributed by atoms with Gasteiger partial charge < -0.3 is 5.32 Å². The van der Waals surface area contributed by atoms with Crippen LogP contribution in [0.3, 0.4) is 0 Å². The molecule has 0 spiro atoms. The predicted molar refractivity (Wildman–Crippen MR) is 113 cm³/mol. The molecule has 7 heteroatoms. The molecule has 160 valence electrons. The minimum absolute atomic E-state index is 0.0426. The number of sulfonamides is 1. The number of fused-ring (bicyclic) bond motifs is 1. The zero-order valence-corrected chi connectivity index (χ0v) is 17.7. The molecule has 0 aromatic heterocycles. The summed E-state index contributed by atoms with van der Waals surface area (Å²) < 4.78 is 41.5. The lowest BCUT2D eigenvalue weighted by Gasteiger charge is -2.36. The fourth-order valence-electron chi connectivity index (χ4n) is 4.58. The molecule has 30 heavy (non-hydrogen) atoms. The van der Waals surface area contributed by atoms with Crippen LogP contribution in [0.5, 0.6) is 0 Å². The summed E-state index contributed by atoms with van der Waals surface area (Å²) in [5.74, 6) is -0.607. The topological polar surface area (TPSA) is 66.5 Å². The van der Waals surface area contributed by atoms with E-state index in [1.807, 2.05) is 24.3 Å². The van der Waals surface area contributed by atoms with Crippen LogP contribution < -0.4 is 5.32 Å². The largest absolute Gasteiger partial charge is 0.353 e. The van der Waals surface area contributed by atoms with E-state index >= 15 is 0 Å². The van der Waals surface area contributed by atoms with Gasteiger partial charge in [0.1, 0.15) is 5.82 Å². The average molecular weight is 431 g/mol. The standard InChI is InChI=1S/C23H27FN2O3S/c24-18-10-12-20(13-11-18)30(28,29)26-15-14-17-6-4-5-9-21(17)22(26)16-23(27)25-19-7-2-1-3-8-19/h4-6,9-13,19,22H,1-3,7-8,14-16H2,(H,25,27). The van der Waals surface area contributed by atoms with Crippen molar-refractivity contribution in [1.82, 2.24) is 9.62 Å². The Morgan fingerprint density at radius 3 is 2.47 bits per heavy atom. The zero-order valence-electron chi connectivity index (χ0n) is 16.9. The van der Waals surface area contributed by atoms with Crippen LogP contribution >= 0.6 is 0 Å². The van der Waals surface area contributed by atoms with Crippen LogP contribution in [0.25, 0.3) is 0 Å². The summed E-state index contributed by atoms with van der Waals surface area (Å²) in [6.45, 7) is 0.290. The first-order valence-electron chi connectivity index (χ1n) is 10.6. The molecule has 2 aromatic rings. The lowest BCUT2D eigenvalue weighted by molar-refractivity contribution is -0.123. The molecule has 2 aliphatic rings. The van der Waals surface area contributed by atoms with Crippen molar-refractivity contribution in [3.05, 3.63) is 65.5 Å². The van der Waals surface area contributed by atoms with Gasteiger partial charge in [-0.15, -0.1) is 0 Å². The summed E-state index contributed by atoms with van der Waals surface area (Å²) in [4.78, 5) is 12.9. The quantitative estimate of drug-likeness (QED) is 0.781. The van der Waals surface area contributed by atoms with Crippen LogP contribution in [0, 0.1) is 5.82 Å². The third kappa shape index (κ3) is 4.42. The van der Waals surface area contributed by atoms with Crippen molar-refractivity contribution < 1.29 is 17.6 Å². The van der Waals surface area contributed by atoms with Crippen LogP contribution in [0.4, 0.5) is 4.39 Å². The number of nitrogens with one attached hydrogen (secondary N) is 1. The van der Waals surface area contributed by atoms with E-state index in [1.54, 1.807) is 0 Å². The van der Waals surface area contributed by atoms with Gasteiger partial charge in [-0.2, -0.15) is 4.31 Å². The van der Waals surface area contributed by atoms with Crippen LogP contribution in [0.2, 0.25) is 0 Å². The summed E-state index contributed by atoms with van der Waals surface area (Å²) in [6.07, 6.45) is 6.04. The van der Waals surface area contributed by atoms with Crippen molar-refractivity contribution >= 4 is 15.9 Å². The number of nitrogens with zero attached hydrogens (tertiary/aromatic N) is 1. The first-order valence-corrected chi connectivity index (χ1v) is 12.0. The molecule has 0 saturated heterocycles. The summed E-state index contributed by atoms with van der Waals surface area (Å²) in [5.41, 5.74) is 1.94. The first-order chi connectivity index (χ1) is 14.4. The SMILES string of the molecule is O=C(CC1c2ccccc2CCN1S(=O)(=O)c1ccc(F)cc1)NC1CCCCC1. The number of halogens is 1. The molecule has 2 aromatic carbocycles. The molecule has 1 N–H and O–H groups in total. The molecule has 0 bridgehead atoms. The first kappa shape index (κ1) is 21.0. The second kappa shape index (κ2) is 8.86. The molecular formula is C23H27FN2O3S. The van der Waals surface area contributed by atoms with Crippen molar-refractivity contribution in [2.75, 3.05) is 6.54 Å². The summed E-state index contributed by atoms with van der Waals surface area (Å²) >= 11 is 0. The minimum Gasteiger partial charge on any atom is -0.353 e. The van der Waals surface area contributed by atoms with Crippen molar-refractivity contribution in [1.29, 1.82) is 0 Å². The molecule has 1 amide bonds. The maximum atomic E-state index is 13.4. The molecule has 1 fully saturated rings. The maximum absolute atomic E-state index is 13.4. The lowest BCUT2D eigenvalue weighted by Crippen LogP contribution is -2.43. The Morgan fingerprint density at radius 2 is 1.73 bits per heavy atom. The van der Waals surface area contributed by atoms with Gasteiger partial charge in [0.25, 0.3) is 0 Å². The van der Waals surface area contributed by atoms with Gasteiger partial charge in [-0.3, -0.25) is 4.79 Å². The number of amides is 1. The van der Waals surface area contributed by atoms with Gasteiger partial charge in [-0.1, -0.05) is 43.5 Å². The van der Waals surface area contributed by atoms with Crippen molar-refractivity contribution in [3.63, 3.8) is 0 Å². The monoisotopic (exact) mass is 430 g/mol. The van der Waals surface area contributed by atoms with E-state index < -0.39 is 21.9 Å². The Labute approximate surface area is 177 Å².